The Morgan fingerprint density at radius 2 is 2.04 bits per heavy atom. The first kappa shape index (κ1) is 19.1. The van der Waals surface area contributed by atoms with Crippen LogP contribution in [0.2, 0.25) is 0 Å². The third kappa shape index (κ3) is 3.71. The van der Waals surface area contributed by atoms with Crippen molar-refractivity contribution in [2.45, 2.75) is 32.7 Å². The van der Waals surface area contributed by atoms with Crippen molar-refractivity contribution in [2.24, 2.45) is 5.41 Å². The molecule has 0 aliphatic carbocycles. The lowest BCUT2D eigenvalue weighted by molar-refractivity contribution is -0.133. The fourth-order valence-electron chi connectivity index (χ4n) is 2.89. The minimum absolute atomic E-state index is 0.145. The van der Waals surface area contributed by atoms with E-state index in [4.69, 9.17) is 14.2 Å². The van der Waals surface area contributed by atoms with Gasteiger partial charge in [-0.15, -0.1) is 0 Å². The first-order valence-corrected chi connectivity index (χ1v) is 8.07. The molecule has 7 heteroatoms. The van der Waals surface area contributed by atoms with Gasteiger partial charge in [-0.1, -0.05) is 26.8 Å². The third-order valence-electron chi connectivity index (χ3n) is 4.41. The highest BCUT2D eigenvalue weighted by Gasteiger charge is 2.46. The lowest BCUT2D eigenvalue weighted by atomic mass is 9.85. The van der Waals surface area contributed by atoms with Crippen LogP contribution in [0.15, 0.2) is 18.2 Å². The quantitative estimate of drug-likeness (QED) is 0.875. The van der Waals surface area contributed by atoms with Crippen LogP contribution in [0.5, 0.6) is 11.5 Å². The summed E-state index contributed by atoms with van der Waals surface area (Å²) in [6.07, 6.45) is -0.684. The Kier molecular flexibility index (Phi) is 5.57. The molecule has 1 heterocycles. The molecule has 7 nitrogen and oxygen atoms in total. The number of imide groups is 1. The molecule has 0 spiro atoms. The molecule has 2 atom stereocenters. The zero-order valence-corrected chi connectivity index (χ0v) is 15.2. The van der Waals surface area contributed by atoms with Crippen molar-refractivity contribution in [3.63, 3.8) is 0 Å². The second-order valence-corrected chi connectivity index (χ2v) is 7.01. The van der Waals surface area contributed by atoms with E-state index in [-0.39, 0.29) is 12.0 Å². The van der Waals surface area contributed by atoms with Gasteiger partial charge in [-0.05, 0) is 11.5 Å². The molecule has 1 saturated heterocycles. The Labute approximate surface area is 147 Å². The highest BCUT2D eigenvalue weighted by atomic mass is 16.6. The van der Waals surface area contributed by atoms with E-state index in [1.54, 1.807) is 18.2 Å². The molecule has 138 valence electrons. The summed E-state index contributed by atoms with van der Waals surface area (Å²) < 4.78 is 15.6. The molecule has 1 aliphatic rings. The zero-order valence-electron chi connectivity index (χ0n) is 15.2. The van der Waals surface area contributed by atoms with Crippen molar-refractivity contribution >= 4 is 12.0 Å². The van der Waals surface area contributed by atoms with Crippen molar-refractivity contribution in [3.8, 4) is 11.5 Å². The van der Waals surface area contributed by atoms with E-state index in [9.17, 15) is 14.7 Å². The maximum absolute atomic E-state index is 13.0. The number of benzene rings is 1. The second kappa shape index (κ2) is 7.31. The van der Waals surface area contributed by atoms with Crippen molar-refractivity contribution in [1.82, 2.24) is 4.90 Å². The lowest BCUT2D eigenvalue weighted by Crippen LogP contribution is -2.48. The van der Waals surface area contributed by atoms with Crippen LogP contribution in [0.25, 0.3) is 0 Å². The number of nitrogens with zero attached hydrogens (tertiary/aromatic N) is 1. The Morgan fingerprint density at radius 1 is 1.36 bits per heavy atom. The Hall–Kier alpha value is -2.28. The highest BCUT2D eigenvalue weighted by Crippen LogP contribution is 2.35. The number of methoxy groups -OCH3 is 2. The van der Waals surface area contributed by atoms with E-state index in [0.29, 0.717) is 17.1 Å². The maximum Gasteiger partial charge on any atom is 0.417 e. The number of carbonyl (C=O) groups is 2. The molecule has 25 heavy (non-hydrogen) atoms. The summed E-state index contributed by atoms with van der Waals surface area (Å²) in [6.45, 7) is 5.49. The summed E-state index contributed by atoms with van der Waals surface area (Å²) in [5.41, 5.74) is 0.148. The van der Waals surface area contributed by atoms with Gasteiger partial charge in [-0.25, -0.2) is 9.69 Å². The summed E-state index contributed by atoms with van der Waals surface area (Å²) >= 11 is 0. The van der Waals surface area contributed by atoms with E-state index in [1.165, 1.54) is 14.2 Å². The van der Waals surface area contributed by atoms with E-state index in [0.717, 1.165) is 4.90 Å². The van der Waals surface area contributed by atoms with E-state index >= 15 is 0 Å². The molecule has 0 saturated carbocycles. The number of hydrogen-bond donors (Lipinski definition) is 1. The number of aliphatic hydroxyl groups is 1. The van der Waals surface area contributed by atoms with Crippen molar-refractivity contribution in [3.05, 3.63) is 23.8 Å². The molecule has 0 radical (unpaired) electrons. The molecule has 1 aromatic rings. The average molecular weight is 351 g/mol. The van der Waals surface area contributed by atoms with Crippen LogP contribution in [-0.4, -0.2) is 55.5 Å². The summed E-state index contributed by atoms with van der Waals surface area (Å²) in [6, 6.07) is 4.57. The van der Waals surface area contributed by atoms with Gasteiger partial charge in [-0.3, -0.25) is 4.79 Å². The molecule has 2 amide bonds. The molecule has 1 aliphatic heterocycles. The normalized spacial score (nSPS) is 18.7. The van der Waals surface area contributed by atoms with E-state index < -0.39 is 30.6 Å². The predicted molar refractivity (Wildman–Crippen MR) is 90.8 cm³/mol. The largest absolute Gasteiger partial charge is 0.497 e. The van der Waals surface area contributed by atoms with Gasteiger partial charge in [0.2, 0.25) is 5.91 Å². The fourth-order valence-corrected chi connectivity index (χ4v) is 2.89. The second-order valence-electron chi connectivity index (χ2n) is 7.01. The number of cyclic esters (lactones) is 1. The van der Waals surface area contributed by atoms with Crippen molar-refractivity contribution < 1.29 is 28.9 Å². The van der Waals surface area contributed by atoms with Crippen molar-refractivity contribution in [1.29, 1.82) is 0 Å². The predicted octanol–water partition coefficient (Wildman–Crippen LogP) is 2.17. The van der Waals surface area contributed by atoms with Gasteiger partial charge < -0.3 is 19.3 Å². The van der Waals surface area contributed by atoms with Crippen LogP contribution >= 0.6 is 0 Å². The van der Waals surface area contributed by atoms with Gasteiger partial charge in [0.25, 0.3) is 0 Å². The van der Waals surface area contributed by atoms with Gasteiger partial charge in [0, 0.05) is 11.6 Å². The summed E-state index contributed by atoms with van der Waals surface area (Å²) in [7, 11) is 3.00. The molecule has 0 bridgehead atoms. The van der Waals surface area contributed by atoms with Gasteiger partial charge in [-0.2, -0.15) is 0 Å². The number of hydrogen-bond acceptors (Lipinski definition) is 6. The van der Waals surface area contributed by atoms with E-state index in [1.807, 2.05) is 20.8 Å². The molecule has 1 aromatic carbocycles. The highest BCUT2D eigenvalue weighted by molar-refractivity contribution is 5.97. The van der Waals surface area contributed by atoms with Gasteiger partial charge in [0.05, 0.1) is 32.8 Å². The molecule has 2 rings (SSSR count). The average Bonchev–Trinajstić information content (AvgIpc) is 2.97. The minimum atomic E-state index is -0.934. The van der Waals surface area contributed by atoms with Crippen LogP contribution < -0.4 is 9.47 Å². The first-order valence-electron chi connectivity index (χ1n) is 8.07. The van der Waals surface area contributed by atoms with Gasteiger partial charge in [0.1, 0.15) is 18.1 Å². The smallest absolute Gasteiger partial charge is 0.417 e. The molecule has 1 fully saturated rings. The van der Waals surface area contributed by atoms with Crippen LogP contribution in [0, 0.1) is 5.41 Å². The number of carbonyl (C=O) groups excluding carboxylic acids is 2. The third-order valence-corrected chi connectivity index (χ3v) is 4.41. The Morgan fingerprint density at radius 3 is 2.56 bits per heavy atom. The number of amides is 2. The minimum Gasteiger partial charge on any atom is -0.497 e. The number of ether oxygens (including phenoxy) is 3. The molecular formula is C18H25NO6. The maximum atomic E-state index is 13.0. The molecular weight excluding hydrogens is 326 g/mol. The Balaban J connectivity index is 2.40. The van der Waals surface area contributed by atoms with Crippen LogP contribution in [0.1, 0.15) is 32.3 Å². The number of aliphatic hydroxyl groups excluding tert-OH is 1. The first-order chi connectivity index (χ1) is 11.7. The zero-order chi connectivity index (χ0) is 18.8. The summed E-state index contributed by atoms with van der Waals surface area (Å²) in [4.78, 5) is 26.3. The van der Waals surface area contributed by atoms with Crippen LogP contribution in [0.4, 0.5) is 4.79 Å². The van der Waals surface area contributed by atoms with E-state index in [2.05, 4.69) is 0 Å². The van der Waals surface area contributed by atoms with Crippen LogP contribution in [0.3, 0.4) is 0 Å². The van der Waals surface area contributed by atoms with Gasteiger partial charge >= 0.3 is 6.09 Å². The SMILES string of the molecule is COc1ccc([C@H](CO)C(=O)N2C(=O)OC[C@@H]2C(C)(C)C)c(OC)c1. The summed E-state index contributed by atoms with van der Waals surface area (Å²) in [5, 5.41) is 9.85. The fraction of sp³-hybridized carbons (Fsp3) is 0.556. The lowest BCUT2D eigenvalue weighted by Gasteiger charge is -2.32. The summed E-state index contributed by atoms with van der Waals surface area (Å²) in [5.74, 6) is -0.464. The van der Waals surface area contributed by atoms with Crippen molar-refractivity contribution in [2.75, 3.05) is 27.4 Å². The molecule has 0 unspecified atom stereocenters. The monoisotopic (exact) mass is 351 g/mol. The van der Waals surface area contributed by atoms with Gasteiger partial charge in [0.15, 0.2) is 0 Å². The van der Waals surface area contributed by atoms with Crippen LogP contribution in [-0.2, 0) is 9.53 Å². The Bertz CT molecular complexity index is 651. The molecule has 0 aromatic heterocycles. The number of rotatable bonds is 5. The topological polar surface area (TPSA) is 85.3 Å². The molecule has 1 N–H and O–H groups in total. The standard InChI is InChI=1S/C18H25NO6/c1-18(2,3)15-10-25-17(22)19(15)16(21)13(9-20)12-7-6-11(23-4)8-14(12)24-5/h6-8,13,15,20H,9-10H2,1-5H3/t13-,15+/m0/s1.